The monoisotopic (exact) mass is 382 g/mol. The molecule has 1 N–H and O–H groups in total. The Morgan fingerprint density at radius 2 is 2.04 bits per heavy atom. The van der Waals surface area contributed by atoms with Crippen LogP contribution >= 0.6 is 11.6 Å². The van der Waals surface area contributed by atoms with E-state index in [0.29, 0.717) is 16.4 Å². The molecule has 1 amide bonds. The van der Waals surface area contributed by atoms with Gasteiger partial charge in [-0.1, -0.05) is 36.6 Å². The quantitative estimate of drug-likeness (QED) is 0.628. The van der Waals surface area contributed by atoms with Crippen molar-refractivity contribution in [3.05, 3.63) is 51.3 Å². The Bertz CT molecular complexity index is 946. The molecule has 1 fully saturated rings. The zero-order valence-electron chi connectivity index (χ0n) is 15.8. The molecule has 1 aliphatic rings. The van der Waals surface area contributed by atoms with E-state index in [2.05, 4.69) is 10.4 Å². The molecule has 0 aliphatic heterocycles. The number of amides is 1. The van der Waals surface area contributed by atoms with Crippen molar-refractivity contribution in [3.63, 3.8) is 0 Å². The average molecular weight is 383 g/mol. The van der Waals surface area contributed by atoms with Gasteiger partial charge in [0.05, 0.1) is 11.4 Å². The lowest BCUT2D eigenvalue weighted by Crippen LogP contribution is -2.33. The lowest BCUT2D eigenvalue weighted by atomic mass is 10.1. The highest BCUT2D eigenvalue weighted by Gasteiger charge is 2.21. The third kappa shape index (κ3) is 4.06. The van der Waals surface area contributed by atoms with Crippen molar-refractivity contribution in [2.45, 2.75) is 52.5 Å². The first-order chi connectivity index (χ1) is 12.9. The summed E-state index contributed by atoms with van der Waals surface area (Å²) in [6.45, 7) is 5.83. The fraction of sp³-hybridized carbons (Fsp3) is 0.381. The molecule has 27 heavy (non-hydrogen) atoms. The Balaban J connectivity index is 1.95. The van der Waals surface area contributed by atoms with E-state index in [1.165, 1.54) is 6.08 Å². The third-order valence-electron chi connectivity index (χ3n) is 4.98. The van der Waals surface area contributed by atoms with Gasteiger partial charge in [0, 0.05) is 11.6 Å². The van der Waals surface area contributed by atoms with Crippen LogP contribution in [0.1, 0.15) is 48.1 Å². The molecule has 0 spiro atoms. The Morgan fingerprint density at radius 1 is 1.33 bits per heavy atom. The third-order valence-corrected chi connectivity index (χ3v) is 5.35. The molecule has 0 radical (unpaired) electrons. The van der Waals surface area contributed by atoms with Gasteiger partial charge in [-0.05, 0) is 56.9 Å². The Labute approximate surface area is 164 Å². The van der Waals surface area contributed by atoms with E-state index >= 15 is 0 Å². The molecule has 2 aromatic rings. The predicted octanol–water partition coefficient (Wildman–Crippen LogP) is 4.42. The number of benzene rings is 1. The summed E-state index contributed by atoms with van der Waals surface area (Å²) in [5, 5.41) is 17.3. The van der Waals surface area contributed by atoms with Gasteiger partial charge in [-0.3, -0.25) is 4.79 Å². The van der Waals surface area contributed by atoms with Crippen molar-refractivity contribution in [2.24, 2.45) is 0 Å². The summed E-state index contributed by atoms with van der Waals surface area (Å²) in [6, 6.07) is 8.22. The fourth-order valence-electron chi connectivity index (χ4n) is 3.41. The number of nitrogens with zero attached hydrogens (tertiary/aromatic N) is 3. The molecule has 0 saturated heterocycles. The van der Waals surface area contributed by atoms with Crippen molar-refractivity contribution in [2.75, 3.05) is 0 Å². The van der Waals surface area contributed by atoms with Crippen molar-refractivity contribution < 1.29 is 4.79 Å². The van der Waals surface area contributed by atoms with Crippen molar-refractivity contribution in [1.29, 1.82) is 5.26 Å². The van der Waals surface area contributed by atoms with E-state index in [1.807, 2.05) is 45.0 Å². The predicted molar refractivity (Wildman–Crippen MR) is 107 cm³/mol. The summed E-state index contributed by atoms with van der Waals surface area (Å²) < 4.78 is 1.66. The van der Waals surface area contributed by atoms with Crippen molar-refractivity contribution in [3.8, 4) is 11.8 Å². The van der Waals surface area contributed by atoms with E-state index in [9.17, 15) is 10.1 Å². The van der Waals surface area contributed by atoms with Gasteiger partial charge < -0.3 is 5.32 Å². The molecule has 0 bridgehead atoms. The van der Waals surface area contributed by atoms with Crippen LogP contribution in [0.5, 0.6) is 0 Å². The summed E-state index contributed by atoms with van der Waals surface area (Å²) in [5.74, 6) is -0.348. The van der Waals surface area contributed by atoms with Gasteiger partial charge in [0.1, 0.15) is 16.8 Å². The molecule has 5 nitrogen and oxygen atoms in total. The summed E-state index contributed by atoms with van der Waals surface area (Å²) in [6.07, 6.45) is 5.70. The van der Waals surface area contributed by atoms with Crippen LogP contribution in [0.3, 0.4) is 0 Å². The van der Waals surface area contributed by atoms with E-state index < -0.39 is 0 Å². The summed E-state index contributed by atoms with van der Waals surface area (Å²) >= 11 is 6.58. The Morgan fingerprint density at radius 3 is 2.70 bits per heavy atom. The molecule has 1 aromatic heterocycles. The number of aryl methyl sites for hydroxylation is 3. The first-order valence-electron chi connectivity index (χ1n) is 9.16. The van der Waals surface area contributed by atoms with E-state index in [0.717, 1.165) is 42.5 Å². The number of aromatic nitrogens is 2. The highest BCUT2D eigenvalue weighted by Crippen LogP contribution is 2.28. The van der Waals surface area contributed by atoms with Crippen LogP contribution in [-0.2, 0) is 4.79 Å². The lowest BCUT2D eigenvalue weighted by molar-refractivity contribution is -0.117. The minimum atomic E-state index is -0.348. The number of halogens is 1. The number of rotatable bonds is 4. The van der Waals surface area contributed by atoms with E-state index in [4.69, 9.17) is 11.6 Å². The second-order valence-electron chi connectivity index (χ2n) is 7.12. The molecule has 1 aromatic carbocycles. The maximum atomic E-state index is 12.5. The molecular weight excluding hydrogens is 360 g/mol. The van der Waals surface area contributed by atoms with Gasteiger partial charge in [-0.25, -0.2) is 4.68 Å². The zero-order chi connectivity index (χ0) is 19.6. The van der Waals surface area contributed by atoms with Crippen LogP contribution in [0.4, 0.5) is 0 Å². The van der Waals surface area contributed by atoms with Crippen LogP contribution in [0.2, 0.25) is 5.15 Å². The number of hydrogen-bond acceptors (Lipinski definition) is 3. The zero-order valence-corrected chi connectivity index (χ0v) is 16.6. The standard InChI is InChI=1S/C21H23ClN4O/c1-13-8-9-14(2)19(10-13)26-20(22)18(15(3)25-26)11-16(12-23)21(27)24-17-6-4-5-7-17/h8-11,17H,4-7H2,1-3H3,(H,24,27)/b16-11+. The highest BCUT2D eigenvalue weighted by atomic mass is 35.5. The maximum absolute atomic E-state index is 12.5. The van der Waals surface area contributed by atoms with Gasteiger partial charge in [-0.15, -0.1) is 0 Å². The molecule has 1 heterocycles. The fourth-order valence-corrected chi connectivity index (χ4v) is 3.73. The largest absolute Gasteiger partial charge is 0.349 e. The molecule has 3 rings (SSSR count). The minimum absolute atomic E-state index is 0.0485. The number of hydrogen-bond donors (Lipinski definition) is 1. The summed E-state index contributed by atoms with van der Waals surface area (Å²) in [4.78, 5) is 12.5. The first-order valence-corrected chi connectivity index (χ1v) is 9.54. The second kappa shape index (κ2) is 7.98. The lowest BCUT2D eigenvalue weighted by Gasteiger charge is -2.11. The molecule has 1 saturated carbocycles. The first kappa shape index (κ1) is 19.2. The number of nitrogens with one attached hydrogen (secondary N) is 1. The smallest absolute Gasteiger partial charge is 0.262 e. The summed E-state index contributed by atoms with van der Waals surface area (Å²) in [5.41, 5.74) is 4.34. The van der Waals surface area contributed by atoms with E-state index in [-0.39, 0.29) is 17.5 Å². The van der Waals surface area contributed by atoms with Gasteiger partial charge in [0.15, 0.2) is 0 Å². The van der Waals surface area contributed by atoms with Gasteiger partial charge in [0.2, 0.25) is 0 Å². The SMILES string of the molecule is Cc1ccc(C)c(-n2nc(C)c(/C=C(\C#N)C(=O)NC3CCCC3)c2Cl)c1. The number of carbonyl (C=O) groups is 1. The number of carbonyl (C=O) groups excluding carboxylic acids is 1. The molecule has 140 valence electrons. The molecule has 0 unspecified atom stereocenters. The average Bonchev–Trinajstić information content (AvgIpc) is 3.24. The topological polar surface area (TPSA) is 70.7 Å². The maximum Gasteiger partial charge on any atom is 0.262 e. The highest BCUT2D eigenvalue weighted by molar-refractivity contribution is 6.31. The Kier molecular flexibility index (Phi) is 5.67. The molecular formula is C21H23ClN4O. The summed E-state index contributed by atoms with van der Waals surface area (Å²) in [7, 11) is 0. The van der Waals surface area contributed by atoms with Gasteiger partial charge in [-0.2, -0.15) is 10.4 Å². The Hall–Kier alpha value is -2.58. The van der Waals surface area contributed by atoms with Crippen LogP contribution < -0.4 is 5.32 Å². The van der Waals surface area contributed by atoms with Crippen LogP contribution in [0.15, 0.2) is 23.8 Å². The van der Waals surface area contributed by atoms with Crippen LogP contribution in [0.25, 0.3) is 11.8 Å². The normalized spacial score (nSPS) is 15.0. The number of nitriles is 1. The minimum Gasteiger partial charge on any atom is -0.349 e. The second-order valence-corrected chi connectivity index (χ2v) is 7.47. The van der Waals surface area contributed by atoms with Gasteiger partial charge in [0.25, 0.3) is 5.91 Å². The molecule has 0 atom stereocenters. The van der Waals surface area contributed by atoms with E-state index in [1.54, 1.807) is 4.68 Å². The van der Waals surface area contributed by atoms with Crippen molar-refractivity contribution in [1.82, 2.24) is 15.1 Å². The molecule has 1 aliphatic carbocycles. The molecule has 6 heteroatoms. The van der Waals surface area contributed by atoms with Crippen LogP contribution in [0, 0.1) is 32.1 Å². The van der Waals surface area contributed by atoms with Crippen molar-refractivity contribution >= 4 is 23.6 Å². The van der Waals surface area contributed by atoms with Gasteiger partial charge >= 0.3 is 0 Å². The van der Waals surface area contributed by atoms with Crippen LogP contribution in [-0.4, -0.2) is 21.7 Å².